The van der Waals surface area contributed by atoms with Gasteiger partial charge in [0.05, 0.1) is 20.6 Å². The van der Waals surface area contributed by atoms with E-state index in [0.29, 0.717) is 0 Å². The molecule has 0 fully saturated rings. The van der Waals surface area contributed by atoms with E-state index in [1.54, 1.807) is 41.5 Å². The van der Waals surface area contributed by atoms with Crippen molar-refractivity contribution < 1.29 is 43.2 Å². The molecule has 0 saturated heterocycles. The molecular weight excluding hydrogens is 446 g/mol. The van der Waals surface area contributed by atoms with Crippen molar-refractivity contribution in [3.63, 3.8) is 0 Å². The lowest BCUT2D eigenvalue weighted by molar-refractivity contribution is -0.141. The Balaban J connectivity index is 4.04. The second-order valence-electron chi connectivity index (χ2n) is 9.34. The number of carboxylic acid groups (broad SMARTS) is 1. The highest BCUT2D eigenvalue weighted by molar-refractivity contribution is 6.04. The van der Waals surface area contributed by atoms with Crippen molar-refractivity contribution in [2.24, 2.45) is 5.73 Å². The Hall–Kier alpha value is -3.40. The molecule has 10 nitrogen and oxygen atoms in total. The maximum Gasteiger partial charge on any atom is 0.342 e. The lowest BCUT2D eigenvalue weighted by Gasteiger charge is -2.25. The molecule has 1 aromatic carbocycles. The molecule has 0 spiro atoms. The number of carbonyl (C=O) groups excluding carboxylic acids is 3. The van der Waals surface area contributed by atoms with Crippen LogP contribution < -0.4 is 10.5 Å². The molecule has 0 saturated carbocycles. The number of carboxylic acids is 1. The van der Waals surface area contributed by atoms with Crippen LogP contribution in [0.2, 0.25) is 0 Å². The first-order valence-electron chi connectivity index (χ1n) is 10.5. The number of esters is 3. The van der Waals surface area contributed by atoms with E-state index in [2.05, 4.69) is 4.74 Å². The number of hydrogen-bond acceptors (Lipinski definition) is 9. The Morgan fingerprint density at radius 2 is 1.50 bits per heavy atom. The summed E-state index contributed by atoms with van der Waals surface area (Å²) in [5.74, 6) is -3.90. The zero-order valence-electron chi connectivity index (χ0n) is 20.9. The van der Waals surface area contributed by atoms with Crippen molar-refractivity contribution in [1.29, 1.82) is 0 Å². The van der Waals surface area contributed by atoms with Crippen molar-refractivity contribution in [1.82, 2.24) is 0 Å². The second-order valence-corrected chi connectivity index (χ2v) is 9.34. The van der Waals surface area contributed by atoms with Crippen LogP contribution in [0, 0.1) is 0 Å². The Morgan fingerprint density at radius 3 is 1.91 bits per heavy atom. The Labute approximate surface area is 199 Å². The molecule has 1 rings (SSSR count). The quantitative estimate of drug-likeness (QED) is 0.323. The molecule has 0 aliphatic carbocycles. The molecule has 188 valence electrons. The number of ether oxygens (including phenoxy) is 4. The van der Waals surface area contributed by atoms with Gasteiger partial charge in [0, 0.05) is 12.1 Å². The fourth-order valence-corrected chi connectivity index (χ4v) is 2.98. The average molecular weight is 480 g/mol. The van der Waals surface area contributed by atoms with Crippen LogP contribution in [-0.2, 0) is 30.3 Å². The molecule has 0 aliphatic heterocycles. The summed E-state index contributed by atoms with van der Waals surface area (Å²) in [4.78, 5) is 49.7. The number of carbonyl (C=O) groups is 4. The zero-order valence-corrected chi connectivity index (χ0v) is 20.9. The molecule has 1 aromatic rings. The standard InChI is InChI=1S/C24H33NO9/c1-23(2,3)33-21(29)15-10-13(9-14(11-17(26)27)20(28)32-8)16(12-25)18(19(15)31-7)22(30)34-24(4,5)6/h9-10H,11-12,25H2,1-8H3,(H,26,27). The molecule has 10 heteroatoms. The van der Waals surface area contributed by atoms with Gasteiger partial charge in [-0.15, -0.1) is 0 Å². The molecule has 0 atom stereocenters. The van der Waals surface area contributed by atoms with E-state index >= 15 is 0 Å². The summed E-state index contributed by atoms with van der Waals surface area (Å²) < 4.78 is 21.1. The van der Waals surface area contributed by atoms with Crippen LogP contribution in [0.3, 0.4) is 0 Å². The Kier molecular flexibility index (Phi) is 9.39. The second kappa shape index (κ2) is 11.1. The Morgan fingerprint density at radius 1 is 0.971 bits per heavy atom. The number of rotatable bonds is 8. The third-order valence-electron chi connectivity index (χ3n) is 4.17. The largest absolute Gasteiger partial charge is 0.495 e. The van der Waals surface area contributed by atoms with Gasteiger partial charge >= 0.3 is 23.9 Å². The highest BCUT2D eigenvalue weighted by Crippen LogP contribution is 2.34. The van der Waals surface area contributed by atoms with Crippen LogP contribution in [0.4, 0.5) is 0 Å². The molecule has 0 amide bonds. The summed E-state index contributed by atoms with van der Waals surface area (Å²) >= 11 is 0. The van der Waals surface area contributed by atoms with Gasteiger partial charge in [0.1, 0.15) is 28.1 Å². The summed E-state index contributed by atoms with van der Waals surface area (Å²) in [7, 11) is 2.38. The van der Waals surface area contributed by atoms with Gasteiger partial charge in [-0.1, -0.05) is 0 Å². The number of methoxy groups -OCH3 is 2. The molecule has 0 heterocycles. The molecule has 0 bridgehead atoms. The normalized spacial score (nSPS) is 12.1. The third-order valence-corrected chi connectivity index (χ3v) is 4.17. The minimum Gasteiger partial charge on any atom is -0.495 e. The summed E-state index contributed by atoms with van der Waals surface area (Å²) in [6.07, 6.45) is 0.551. The van der Waals surface area contributed by atoms with Gasteiger partial charge in [0.25, 0.3) is 0 Å². The number of hydrogen-bond donors (Lipinski definition) is 2. The lowest BCUT2D eigenvalue weighted by atomic mass is 9.93. The maximum absolute atomic E-state index is 13.2. The highest BCUT2D eigenvalue weighted by atomic mass is 16.6. The summed E-state index contributed by atoms with van der Waals surface area (Å²) in [5.41, 5.74) is 4.06. The summed E-state index contributed by atoms with van der Waals surface area (Å²) in [6.45, 7) is 9.80. The van der Waals surface area contributed by atoms with Gasteiger partial charge in [0.2, 0.25) is 0 Å². The number of benzene rings is 1. The highest BCUT2D eigenvalue weighted by Gasteiger charge is 2.31. The van der Waals surface area contributed by atoms with Crippen molar-refractivity contribution in [2.75, 3.05) is 14.2 Å². The van der Waals surface area contributed by atoms with Crippen LogP contribution in [0.25, 0.3) is 6.08 Å². The lowest BCUT2D eigenvalue weighted by Crippen LogP contribution is -2.27. The molecule has 34 heavy (non-hydrogen) atoms. The fraction of sp³-hybridized carbons (Fsp3) is 0.500. The van der Waals surface area contributed by atoms with E-state index in [-0.39, 0.29) is 40.1 Å². The molecular formula is C24H33NO9. The molecule has 0 unspecified atom stereocenters. The Bertz CT molecular complexity index is 995. The van der Waals surface area contributed by atoms with E-state index < -0.39 is 41.5 Å². The van der Waals surface area contributed by atoms with Crippen LogP contribution in [0.5, 0.6) is 5.75 Å². The minimum atomic E-state index is -1.28. The first-order valence-corrected chi connectivity index (χ1v) is 10.5. The van der Waals surface area contributed by atoms with E-state index in [0.717, 1.165) is 7.11 Å². The van der Waals surface area contributed by atoms with Crippen molar-refractivity contribution >= 4 is 30.0 Å². The predicted molar refractivity (Wildman–Crippen MR) is 123 cm³/mol. The van der Waals surface area contributed by atoms with E-state index in [9.17, 15) is 24.3 Å². The smallest absolute Gasteiger partial charge is 0.342 e. The van der Waals surface area contributed by atoms with Gasteiger partial charge in [-0.25, -0.2) is 14.4 Å². The fourth-order valence-electron chi connectivity index (χ4n) is 2.98. The summed E-state index contributed by atoms with van der Waals surface area (Å²) in [5, 5.41) is 9.21. The first kappa shape index (κ1) is 28.6. The number of nitrogens with two attached hydrogens (primary N) is 1. The van der Waals surface area contributed by atoms with Gasteiger partial charge in [-0.05, 0) is 64.8 Å². The molecule has 0 aromatic heterocycles. The topological polar surface area (TPSA) is 151 Å². The van der Waals surface area contributed by atoms with Gasteiger partial charge in [-0.3, -0.25) is 4.79 Å². The van der Waals surface area contributed by atoms with Crippen LogP contribution >= 0.6 is 0 Å². The SMILES string of the molecule is COC(=O)C(=Cc1cc(C(=O)OC(C)(C)C)c(OC)c(C(=O)OC(C)(C)C)c1CN)CC(=O)O. The van der Waals surface area contributed by atoms with E-state index in [4.69, 9.17) is 19.9 Å². The predicted octanol–water partition coefficient (Wildman–Crippen LogP) is 3.10. The average Bonchev–Trinajstić information content (AvgIpc) is 2.68. The van der Waals surface area contributed by atoms with Crippen LogP contribution in [0.1, 0.15) is 79.8 Å². The van der Waals surface area contributed by atoms with Crippen molar-refractivity contribution in [3.05, 3.63) is 33.9 Å². The van der Waals surface area contributed by atoms with Crippen molar-refractivity contribution in [2.45, 2.75) is 65.7 Å². The monoisotopic (exact) mass is 479 g/mol. The van der Waals surface area contributed by atoms with E-state index in [1.165, 1.54) is 19.3 Å². The maximum atomic E-state index is 13.2. The first-order chi connectivity index (χ1) is 15.5. The van der Waals surface area contributed by atoms with E-state index in [1.807, 2.05) is 0 Å². The summed E-state index contributed by atoms with van der Waals surface area (Å²) in [6, 6.07) is 1.33. The van der Waals surface area contributed by atoms with Gasteiger partial charge in [0.15, 0.2) is 0 Å². The molecule has 3 N–H and O–H groups in total. The van der Waals surface area contributed by atoms with Crippen LogP contribution in [-0.4, -0.2) is 54.4 Å². The zero-order chi connectivity index (χ0) is 26.4. The molecule has 0 radical (unpaired) electrons. The van der Waals surface area contributed by atoms with Gasteiger partial charge in [-0.2, -0.15) is 0 Å². The minimum absolute atomic E-state index is 0.112. The third kappa shape index (κ3) is 7.87. The molecule has 0 aliphatic rings. The van der Waals surface area contributed by atoms with Crippen LogP contribution in [0.15, 0.2) is 11.6 Å². The number of aliphatic carboxylic acids is 1. The van der Waals surface area contributed by atoms with Crippen molar-refractivity contribution in [3.8, 4) is 5.75 Å². The van der Waals surface area contributed by atoms with Gasteiger partial charge < -0.3 is 29.8 Å².